The van der Waals surface area contributed by atoms with Crippen molar-refractivity contribution in [2.45, 2.75) is 16.9 Å². The van der Waals surface area contributed by atoms with Gasteiger partial charge < -0.3 is 5.11 Å². The van der Waals surface area contributed by atoms with Gasteiger partial charge in [0.2, 0.25) is 0 Å². The molecule has 0 spiro atoms. The Morgan fingerprint density at radius 1 is 1.47 bits per heavy atom. The van der Waals surface area contributed by atoms with Crippen molar-refractivity contribution in [1.29, 1.82) is 0 Å². The van der Waals surface area contributed by atoms with Crippen LogP contribution in [0.1, 0.15) is 6.42 Å². The monoisotopic (exact) mass is 378 g/mol. The first kappa shape index (κ1) is 15.2. The number of allylic oxidation sites excluding steroid dienone is 4. The van der Waals surface area contributed by atoms with E-state index in [1.807, 2.05) is 0 Å². The van der Waals surface area contributed by atoms with Crippen molar-refractivity contribution in [3.63, 3.8) is 0 Å². The lowest BCUT2D eigenvalue weighted by Crippen LogP contribution is -2.33. The van der Waals surface area contributed by atoms with Crippen molar-refractivity contribution < 1.29 is 23.1 Å². The molecule has 0 aromatic carbocycles. The normalized spacial score (nSPS) is 33.5. The highest BCUT2D eigenvalue weighted by Gasteiger charge is 2.56. The number of halogens is 6. The predicted molar refractivity (Wildman–Crippen MR) is 68.3 cm³/mol. The molecule has 2 nitrogen and oxygen atoms in total. The second kappa shape index (κ2) is 4.67. The summed E-state index contributed by atoms with van der Waals surface area (Å²) in [7, 11) is 0. The van der Waals surface area contributed by atoms with E-state index in [1.165, 1.54) is 6.08 Å². The zero-order valence-corrected chi connectivity index (χ0v) is 12.3. The number of carboxylic acids is 1. The Morgan fingerprint density at radius 3 is 2.47 bits per heavy atom. The molecule has 2 rings (SSSR count). The van der Waals surface area contributed by atoms with Gasteiger partial charge in [0, 0.05) is 10.4 Å². The average Bonchev–Trinajstić information content (AvgIpc) is 2.99. The van der Waals surface area contributed by atoms with Crippen LogP contribution < -0.4 is 0 Å². The first-order chi connectivity index (χ1) is 8.56. The molecule has 8 heteroatoms. The summed E-state index contributed by atoms with van der Waals surface area (Å²) in [5.41, 5.74) is -0.943. The van der Waals surface area contributed by atoms with Gasteiger partial charge in [-0.1, -0.05) is 51.3 Å². The van der Waals surface area contributed by atoms with Crippen molar-refractivity contribution >= 4 is 45.1 Å². The van der Waals surface area contributed by atoms with Gasteiger partial charge >= 0.3 is 12.1 Å². The minimum atomic E-state index is -4.56. The van der Waals surface area contributed by atoms with E-state index in [0.29, 0.717) is 6.42 Å². The van der Waals surface area contributed by atoms with Crippen LogP contribution in [-0.2, 0) is 4.79 Å². The van der Waals surface area contributed by atoms with Crippen LogP contribution in [0.4, 0.5) is 13.2 Å². The first-order valence-electron chi connectivity index (χ1n) is 5.33. The van der Waals surface area contributed by atoms with Crippen molar-refractivity contribution in [3.8, 4) is 0 Å². The molecule has 3 unspecified atom stereocenters. The van der Waals surface area contributed by atoms with Gasteiger partial charge in [-0.2, -0.15) is 13.2 Å². The first-order valence-corrected chi connectivity index (χ1v) is 6.88. The molecule has 1 N–H and O–H groups in total. The Kier molecular flexibility index (Phi) is 3.73. The lowest BCUT2D eigenvalue weighted by molar-refractivity contribution is -0.139. The lowest BCUT2D eigenvalue weighted by Gasteiger charge is -2.33. The van der Waals surface area contributed by atoms with Crippen LogP contribution in [-0.4, -0.2) is 21.6 Å². The van der Waals surface area contributed by atoms with Crippen molar-refractivity contribution in [2.24, 2.45) is 17.8 Å². The molecule has 0 radical (unpaired) electrons. The molecule has 1 fully saturated rings. The summed E-state index contributed by atoms with van der Waals surface area (Å²) in [6.45, 7) is 0. The van der Waals surface area contributed by atoms with Crippen LogP contribution >= 0.6 is 39.1 Å². The zero-order chi connectivity index (χ0) is 14.6. The molecule has 0 bridgehead atoms. The van der Waals surface area contributed by atoms with E-state index < -0.39 is 33.9 Å². The maximum absolute atomic E-state index is 12.7. The number of aliphatic carboxylic acids is 1. The second-order valence-electron chi connectivity index (χ2n) is 4.58. The van der Waals surface area contributed by atoms with E-state index in [0.717, 1.165) is 6.08 Å². The Morgan fingerprint density at radius 2 is 2.05 bits per heavy atom. The van der Waals surface area contributed by atoms with Gasteiger partial charge in [0.15, 0.2) is 4.33 Å². The van der Waals surface area contributed by atoms with Crippen molar-refractivity contribution in [3.05, 3.63) is 22.2 Å². The standard InChI is InChI=1S/C11H8BrCl2F3O2/c12-8-7(11(15,16)17)2-1-6(10(8,13)14)4-3-5(4)9(18)19/h1-2,4-6H,3H2,(H,18,19). The highest BCUT2D eigenvalue weighted by molar-refractivity contribution is 9.11. The smallest absolute Gasteiger partial charge is 0.417 e. The molecule has 0 aliphatic heterocycles. The fraction of sp³-hybridized carbons (Fsp3) is 0.545. The van der Waals surface area contributed by atoms with Crippen molar-refractivity contribution in [1.82, 2.24) is 0 Å². The third-order valence-corrected chi connectivity index (χ3v) is 5.73. The number of rotatable bonds is 2. The predicted octanol–water partition coefficient (Wildman–Crippen LogP) is 4.28. The van der Waals surface area contributed by atoms with E-state index in [2.05, 4.69) is 15.9 Å². The minimum absolute atomic E-state index is 0.342. The molecule has 106 valence electrons. The topological polar surface area (TPSA) is 37.3 Å². The van der Waals surface area contributed by atoms with Gasteiger partial charge in [-0.3, -0.25) is 4.79 Å². The molecule has 1 saturated carbocycles. The SMILES string of the molecule is O=C(O)C1CC1C1C=CC(C(F)(F)F)=C(Br)C1(Cl)Cl. The van der Waals surface area contributed by atoms with Gasteiger partial charge in [-0.05, 0) is 12.3 Å². The number of hydrogen-bond donors (Lipinski definition) is 1. The Bertz CT molecular complexity index is 485. The van der Waals surface area contributed by atoms with E-state index in [4.69, 9.17) is 28.3 Å². The summed E-state index contributed by atoms with van der Waals surface area (Å²) in [4.78, 5) is 10.8. The fourth-order valence-electron chi connectivity index (χ4n) is 2.25. The maximum Gasteiger partial charge on any atom is 0.417 e. The average molecular weight is 380 g/mol. The maximum atomic E-state index is 12.7. The quantitative estimate of drug-likeness (QED) is 0.727. The molecule has 2 aliphatic rings. The summed E-state index contributed by atoms with van der Waals surface area (Å²) in [6.07, 6.45) is -2.05. The van der Waals surface area contributed by atoms with Gasteiger partial charge in [-0.15, -0.1) is 0 Å². The number of hydrogen-bond acceptors (Lipinski definition) is 1. The molecule has 0 aromatic heterocycles. The highest BCUT2D eigenvalue weighted by Crippen LogP contribution is 2.58. The number of carboxylic acid groups (broad SMARTS) is 1. The molecule has 0 heterocycles. The van der Waals surface area contributed by atoms with Crippen LogP contribution in [0.5, 0.6) is 0 Å². The van der Waals surface area contributed by atoms with Crippen LogP contribution in [0, 0.1) is 17.8 Å². The van der Waals surface area contributed by atoms with E-state index in [-0.39, 0.29) is 10.4 Å². The molecule has 0 aromatic rings. The molecular weight excluding hydrogens is 372 g/mol. The van der Waals surface area contributed by atoms with Crippen LogP contribution in [0.25, 0.3) is 0 Å². The summed E-state index contributed by atoms with van der Waals surface area (Å²) in [5.74, 6) is -2.58. The van der Waals surface area contributed by atoms with Gasteiger partial charge in [-0.25, -0.2) is 0 Å². The van der Waals surface area contributed by atoms with E-state index >= 15 is 0 Å². The zero-order valence-electron chi connectivity index (χ0n) is 9.22. The Labute approximate surface area is 125 Å². The Balaban J connectivity index is 2.29. The summed E-state index contributed by atoms with van der Waals surface area (Å²) in [6, 6.07) is 0. The summed E-state index contributed by atoms with van der Waals surface area (Å²) in [5, 5.41) is 8.86. The summed E-state index contributed by atoms with van der Waals surface area (Å²) < 4.78 is 36.0. The Hall–Kier alpha value is -0.200. The number of alkyl halides is 5. The van der Waals surface area contributed by atoms with Crippen LogP contribution in [0.3, 0.4) is 0 Å². The third-order valence-electron chi connectivity index (χ3n) is 3.34. The van der Waals surface area contributed by atoms with Gasteiger partial charge in [0.25, 0.3) is 0 Å². The van der Waals surface area contributed by atoms with E-state index in [9.17, 15) is 18.0 Å². The van der Waals surface area contributed by atoms with Crippen LogP contribution in [0.15, 0.2) is 22.2 Å². The summed E-state index contributed by atoms with van der Waals surface area (Å²) >= 11 is 14.8. The lowest BCUT2D eigenvalue weighted by atomic mass is 9.90. The van der Waals surface area contributed by atoms with Gasteiger partial charge in [0.1, 0.15) is 0 Å². The molecule has 0 amide bonds. The highest BCUT2D eigenvalue weighted by atomic mass is 79.9. The molecule has 3 atom stereocenters. The van der Waals surface area contributed by atoms with Crippen LogP contribution in [0.2, 0.25) is 0 Å². The fourth-order valence-corrected chi connectivity index (χ4v) is 3.54. The molecule has 2 aliphatic carbocycles. The van der Waals surface area contributed by atoms with Crippen molar-refractivity contribution in [2.75, 3.05) is 0 Å². The minimum Gasteiger partial charge on any atom is -0.481 e. The number of carbonyl (C=O) groups is 1. The second-order valence-corrected chi connectivity index (χ2v) is 6.76. The molecular formula is C11H8BrCl2F3O2. The van der Waals surface area contributed by atoms with Gasteiger partial charge in [0.05, 0.1) is 11.5 Å². The molecule has 0 saturated heterocycles. The third kappa shape index (κ3) is 2.67. The van der Waals surface area contributed by atoms with E-state index in [1.54, 1.807) is 0 Å². The largest absolute Gasteiger partial charge is 0.481 e. The molecule has 19 heavy (non-hydrogen) atoms.